The average Bonchev–Trinajstić information content (AvgIpc) is 3.22. The fraction of sp³-hybridized carbons (Fsp3) is 0.600. The second kappa shape index (κ2) is 9.14. The van der Waals surface area contributed by atoms with Crippen LogP contribution in [0.4, 0.5) is 0 Å². The minimum Gasteiger partial charge on any atom is -0.455 e. The van der Waals surface area contributed by atoms with Crippen LogP contribution in [0.5, 0.6) is 0 Å². The van der Waals surface area contributed by atoms with Crippen LogP contribution in [0.3, 0.4) is 0 Å². The molecule has 33 heavy (non-hydrogen) atoms. The molecule has 2 aromatic rings. The van der Waals surface area contributed by atoms with E-state index in [-0.39, 0.29) is 18.0 Å². The Bertz CT molecular complexity index is 965. The highest BCUT2D eigenvalue weighted by molar-refractivity contribution is 7.05. The number of piperidine rings is 3. The summed E-state index contributed by atoms with van der Waals surface area (Å²) in [7, 11) is 0. The molecule has 1 aromatic carbocycles. The number of carbonyl (C=O) groups excluding carboxylic acids is 2. The molecule has 0 radical (unpaired) electrons. The van der Waals surface area contributed by atoms with Gasteiger partial charge in [-0.05, 0) is 29.9 Å². The van der Waals surface area contributed by atoms with Crippen LogP contribution < -0.4 is 5.73 Å². The number of nitrogens with zero attached hydrogens (tertiary/aromatic N) is 3. The maximum atomic E-state index is 13.9. The van der Waals surface area contributed by atoms with Crippen LogP contribution in [0.2, 0.25) is 0 Å². The zero-order valence-corrected chi connectivity index (χ0v) is 19.8. The fourth-order valence-corrected chi connectivity index (χ4v) is 7.28. The molecule has 4 aliphatic rings. The van der Waals surface area contributed by atoms with E-state index in [4.69, 9.17) is 10.5 Å². The van der Waals surface area contributed by atoms with Crippen molar-refractivity contribution in [3.63, 3.8) is 0 Å². The van der Waals surface area contributed by atoms with Crippen LogP contribution in [0.15, 0.2) is 36.7 Å². The number of ether oxygens (including phenoxy) is 1. The zero-order valence-electron chi connectivity index (χ0n) is 19.0. The maximum absolute atomic E-state index is 13.9. The van der Waals surface area contributed by atoms with Gasteiger partial charge in [0.2, 0.25) is 6.04 Å². The standard InChI is InChI=1S/C25H32N4O3S/c26-22(30)21(23-27-17-28-33-23)29-14-10-18(11-15-29)20(16-29)32-24(31)25(12-6-1-2-7-13-25)19-8-4-3-5-9-19/h3-5,8-9,17-18,20-21H,1-2,6-7,10-16H2,(H-,26,30)/p+1/t18?,20-,21?,29?/m0/s1. The first-order valence-corrected chi connectivity index (χ1v) is 13.0. The molecule has 176 valence electrons. The van der Waals surface area contributed by atoms with Crippen molar-refractivity contribution in [2.75, 3.05) is 19.6 Å². The Labute approximate surface area is 199 Å². The summed E-state index contributed by atoms with van der Waals surface area (Å²) < 4.78 is 11.0. The third kappa shape index (κ3) is 4.08. The van der Waals surface area contributed by atoms with Gasteiger partial charge in [0.05, 0.1) is 18.5 Å². The van der Waals surface area contributed by atoms with E-state index in [9.17, 15) is 9.59 Å². The van der Waals surface area contributed by atoms with Gasteiger partial charge < -0.3 is 15.0 Å². The van der Waals surface area contributed by atoms with E-state index in [2.05, 4.69) is 21.5 Å². The zero-order chi connectivity index (χ0) is 22.9. The predicted octanol–water partition coefficient (Wildman–Crippen LogP) is 3.51. The molecule has 1 unspecified atom stereocenters. The highest BCUT2D eigenvalue weighted by Gasteiger charge is 2.55. The van der Waals surface area contributed by atoms with Gasteiger partial charge in [0.25, 0.3) is 5.91 Å². The van der Waals surface area contributed by atoms with Crippen molar-refractivity contribution in [1.29, 1.82) is 0 Å². The molecule has 8 heteroatoms. The molecule has 2 atom stereocenters. The summed E-state index contributed by atoms with van der Waals surface area (Å²) in [4.78, 5) is 30.8. The number of hydrogen-bond donors (Lipinski definition) is 1. The molecule has 1 aromatic heterocycles. The molecule has 1 aliphatic carbocycles. The molecular weight excluding hydrogens is 436 g/mol. The second-order valence-corrected chi connectivity index (χ2v) is 10.9. The minimum atomic E-state index is -0.572. The first-order chi connectivity index (χ1) is 16.0. The lowest BCUT2D eigenvalue weighted by Crippen LogP contribution is -2.67. The lowest BCUT2D eigenvalue weighted by atomic mass is 9.74. The fourth-order valence-electron chi connectivity index (χ4n) is 6.54. The lowest BCUT2D eigenvalue weighted by Gasteiger charge is -2.54. The van der Waals surface area contributed by atoms with Gasteiger partial charge in [-0.3, -0.25) is 9.59 Å². The van der Waals surface area contributed by atoms with Crippen LogP contribution in [0, 0.1) is 5.92 Å². The quantitative estimate of drug-likeness (QED) is 0.397. The molecule has 2 bridgehead atoms. The molecule has 7 nitrogen and oxygen atoms in total. The van der Waals surface area contributed by atoms with Crippen LogP contribution in [-0.4, -0.2) is 51.5 Å². The maximum Gasteiger partial charge on any atom is 0.317 e. The van der Waals surface area contributed by atoms with Gasteiger partial charge in [0, 0.05) is 18.8 Å². The topological polar surface area (TPSA) is 95.2 Å². The predicted molar refractivity (Wildman–Crippen MR) is 125 cm³/mol. The molecule has 1 amide bonds. The Morgan fingerprint density at radius 2 is 1.79 bits per heavy atom. The van der Waals surface area contributed by atoms with E-state index in [0.29, 0.717) is 22.0 Å². The number of quaternary nitrogens is 1. The number of amides is 1. The molecule has 4 heterocycles. The van der Waals surface area contributed by atoms with Gasteiger partial charge in [0.15, 0.2) is 11.1 Å². The highest BCUT2D eigenvalue weighted by Crippen LogP contribution is 2.45. The number of rotatable bonds is 6. The van der Waals surface area contributed by atoms with E-state index in [1.165, 1.54) is 17.9 Å². The first kappa shape index (κ1) is 22.5. The Balaban J connectivity index is 1.41. The largest absolute Gasteiger partial charge is 0.455 e. The van der Waals surface area contributed by atoms with Gasteiger partial charge in [-0.25, -0.2) is 4.98 Å². The minimum absolute atomic E-state index is 0.0842. The summed E-state index contributed by atoms with van der Waals surface area (Å²) in [6, 6.07) is 9.66. The Hall–Kier alpha value is -2.32. The molecule has 1 saturated carbocycles. The van der Waals surface area contributed by atoms with Crippen LogP contribution in [0.1, 0.15) is 68.0 Å². The Morgan fingerprint density at radius 1 is 1.09 bits per heavy atom. The number of fused-ring (bicyclic) bond motifs is 3. The number of esters is 1. The van der Waals surface area contributed by atoms with Gasteiger partial charge >= 0.3 is 5.97 Å². The number of benzene rings is 1. The van der Waals surface area contributed by atoms with E-state index >= 15 is 0 Å². The monoisotopic (exact) mass is 469 g/mol. The molecule has 0 spiro atoms. The lowest BCUT2D eigenvalue weighted by molar-refractivity contribution is -0.965. The van der Waals surface area contributed by atoms with Gasteiger partial charge in [-0.15, -0.1) is 0 Å². The summed E-state index contributed by atoms with van der Waals surface area (Å²) in [5.41, 5.74) is 6.39. The number of aromatic nitrogens is 2. The summed E-state index contributed by atoms with van der Waals surface area (Å²) in [5, 5.41) is 0.664. The van der Waals surface area contributed by atoms with Crippen molar-refractivity contribution in [3.05, 3.63) is 47.2 Å². The molecular formula is C25H33N4O3S+. The van der Waals surface area contributed by atoms with E-state index < -0.39 is 11.5 Å². The smallest absolute Gasteiger partial charge is 0.317 e. The number of carbonyl (C=O) groups is 2. The van der Waals surface area contributed by atoms with Gasteiger partial charge in [0.1, 0.15) is 12.9 Å². The Morgan fingerprint density at radius 3 is 2.39 bits per heavy atom. The van der Waals surface area contributed by atoms with Crippen LogP contribution >= 0.6 is 11.5 Å². The number of nitrogens with two attached hydrogens (primary N) is 1. The van der Waals surface area contributed by atoms with Crippen molar-refractivity contribution in [2.24, 2.45) is 11.7 Å². The Kier molecular flexibility index (Phi) is 6.22. The normalized spacial score (nSPS) is 29.7. The molecule has 3 aliphatic heterocycles. The highest BCUT2D eigenvalue weighted by atomic mass is 32.1. The number of primary amides is 1. The average molecular weight is 470 g/mol. The summed E-state index contributed by atoms with van der Waals surface area (Å²) in [6.45, 7) is 2.33. The molecule has 2 N–H and O–H groups in total. The van der Waals surface area contributed by atoms with E-state index in [0.717, 1.165) is 70.0 Å². The van der Waals surface area contributed by atoms with Gasteiger partial charge in [-0.2, -0.15) is 4.37 Å². The molecule has 6 rings (SSSR count). The van der Waals surface area contributed by atoms with Crippen molar-refractivity contribution >= 4 is 23.4 Å². The summed E-state index contributed by atoms with van der Waals surface area (Å²) >= 11 is 1.24. The SMILES string of the molecule is NC(=O)C(c1ncns1)[N+]12CCC(CC1)[C@@H](OC(=O)C1(c3ccccc3)CCCCCC1)C2. The van der Waals surface area contributed by atoms with E-state index in [1.807, 2.05) is 18.2 Å². The number of hydrogen-bond acceptors (Lipinski definition) is 6. The third-order valence-corrected chi connectivity index (χ3v) is 9.04. The van der Waals surface area contributed by atoms with Crippen molar-refractivity contribution in [3.8, 4) is 0 Å². The van der Waals surface area contributed by atoms with Crippen molar-refractivity contribution in [1.82, 2.24) is 9.36 Å². The van der Waals surface area contributed by atoms with Crippen LogP contribution in [0.25, 0.3) is 0 Å². The van der Waals surface area contributed by atoms with Crippen molar-refractivity contribution < 1.29 is 18.8 Å². The summed E-state index contributed by atoms with van der Waals surface area (Å²) in [6.07, 6.45) is 9.22. The first-order valence-electron chi connectivity index (χ1n) is 12.2. The molecule has 4 fully saturated rings. The van der Waals surface area contributed by atoms with Gasteiger partial charge in [-0.1, -0.05) is 56.0 Å². The van der Waals surface area contributed by atoms with Crippen LogP contribution in [-0.2, 0) is 19.7 Å². The van der Waals surface area contributed by atoms with E-state index in [1.54, 1.807) is 0 Å². The summed E-state index contributed by atoms with van der Waals surface area (Å²) in [5.74, 6) is -0.115. The van der Waals surface area contributed by atoms with Crippen molar-refractivity contribution in [2.45, 2.75) is 68.9 Å². The second-order valence-electron chi connectivity index (χ2n) is 10.1. The third-order valence-electron chi connectivity index (χ3n) is 8.32. The molecule has 3 saturated heterocycles.